The fourth-order valence-corrected chi connectivity index (χ4v) is 5.88. The Morgan fingerprint density at radius 3 is 2.05 bits per heavy atom. The van der Waals surface area contributed by atoms with Gasteiger partial charge in [-0.25, -0.2) is 0 Å². The maximum Gasteiger partial charge on any atom is 0.0681 e. The van der Waals surface area contributed by atoms with E-state index in [1.165, 1.54) is 57.4 Å². The summed E-state index contributed by atoms with van der Waals surface area (Å²) in [7, 11) is -0.726. The van der Waals surface area contributed by atoms with Crippen LogP contribution in [0.25, 0.3) is 0 Å². The SMILES string of the molecule is CCCCCCCCCC[SiH](C)c1ccccc1C(C)C. The Labute approximate surface area is 135 Å². The molecule has 0 aliphatic carbocycles. The molecule has 1 rings (SSSR count). The minimum Gasteiger partial charge on any atom is -0.0680 e. The highest BCUT2D eigenvalue weighted by molar-refractivity contribution is 6.72. The number of unbranched alkanes of at least 4 members (excludes halogenated alkanes) is 7. The standard InChI is InChI=1S/C20H36Si/c1-5-6-7-8-9-10-11-14-17-21(4)20-16-13-12-15-19(20)18(2)3/h12-13,15-16,18,21H,5-11,14,17H2,1-4H3. The fraction of sp³-hybridized carbons (Fsp3) is 0.700. The van der Waals surface area contributed by atoms with Gasteiger partial charge in [-0.1, -0.05) is 114 Å². The van der Waals surface area contributed by atoms with E-state index in [0.717, 1.165) is 0 Å². The Morgan fingerprint density at radius 2 is 1.43 bits per heavy atom. The molecule has 1 unspecified atom stereocenters. The van der Waals surface area contributed by atoms with E-state index < -0.39 is 8.80 Å². The van der Waals surface area contributed by atoms with E-state index in [0.29, 0.717) is 5.92 Å². The molecule has 0 saturated heterocycles. The molecule has 1 atom stereocenters. The Morgan fingerprint density at radius 1 is 0.857 bits per heavy atom. The second kappa shape index (κ2) is 11.1. The first-order valence-corrected chi connectivity index (χ1v) is 11.8. The van der Waals surface area contributed by atoms with E-state index in [1.807, 2.05) is 0 Å². The number of rotatable bonds is 11. The normalized spacial score (nSPS) is 12.8. The molecule has 0 heterocycles. The zero-order chi connectivity index (χ0) is 15.5. The van der Waals surface area contributed by atoms with Crippen LogP contribution in [0.4, 0.5) is 0 Å². The van der Waals surface area contributed by atoms with Crippen LogP contribution in [-0.2, 0) is 0 Å². The smallest absolute Gasteiger partial charge is 0.0680 e. The van der Waals surface area contributed by atoms with Gasteiger partial charge < -0.3 is 0 Å². The lowest BCUT2D eigenvalue weighted by Gasteiger charge is -2.17. The second-order valence-electron chi connectivity index (χ2n) is 6.95. The van der Waals surface area contributed by atoms with E-state index in [-0.39, 0.29) is 0 Å². The molecule has 0 N–H and O–H groups in total. The minimum atomic E-state index is -0.726. The summed E-state index contributed by atoms with van der Waals surface area (Å²) < 4.78 is 0. The summed E-state index contributed by atoms with van der Waals surface area (Å²) in [4.78, 5) is 0. The molecule has 1 aromatic carbocycles. The van der Waals surface area contributed by atoms with Crippen LogP contribution in [0.1, 0.15) is 83.6 Å². The molecule has 0 spiro atoms. The van der Waals surface area contributed by atoms with Gasteiger partial charge in [0.05, 0.1) is 8.80 Å². The van der Waals surface area contributed by atoms with Gasteiger partial charge in [-0.2, -0.15) is 0 Å². The van der Waals surface area contributed by atoms with Crippen LogP contribution >= 0.6 is 0 Å². The topological polar surface area (TPSA) is 0 Å². The predicted octanol–water partition coefficient (Wildman–Crippen LogP) is 6.01. The zero-order valence-electron chi connectivity index (χ0n) is 14.8. The quantitative estimate of drug-likeness (QED) is 0.346. The van der Waals surface area contributed by atoms with E-state index >= 15 is 0 Å². The lowest BCUT2D eigenvalue weighted by molar-refractivity contribution is 0.584. The number of hydrogen-bond acceptors (Lipinski definition) is 0. The summed E-state index contributed by atoms with van der Waals surface area (Å²) in [5, 5.41) is 1.72. The molecule has 0 saturated carbocycles. The third kappa shape index (κ3) is 7.31. The van der Waals surface area contributed by atoms with Gasteiger partial charge >= 0.3 is 0 Å². The molecule has 0 aliphatic heterocycles. The van der Waals surface area contributed by atoms with Crippen molar-refractivity contribution in [2.24, 2.45) is 0 Å². The van der Waals surface area contributed by atoms with Crippen LogP contribution in [0, 0.1) is 0 Å². The van der Waals surface area contributed by atoms with Crippen LogP contribution < -0.4 is 5.19 Å². The van der Waals surface area contributed by atoms with Crippen molar-refractivity contribution in [1.29, 1.82) is 0 Å². The first-order chi connectivity index (χ1) is 10.2. The zero-order valence-corrected chi connectivity index (χ0v) is 16.0. The van der Waals surface area contributed by atoms with Crippen molar-refractivity contribution in [3.63, 3.8) is 0 Å². The molecule has 0 aliphatic rings. The summed E-state index contributed by atoms with van der Waals surface area (Å²) in [6, 6.07) is 10.7. The van der Waals surface area contributed by atoms with Gasteiger partial charge in [0.2, 0.25) is 0 Å². The van der Waals surface area contributed by atoms with Gasteiger partial charge in [-0.3, -0.25) is 0 Å². The van der Waals surface area contributed by atoms with Crippen molar-refractivity contribution in [2.45, 2.75) is 90.6 Å². The summed E-state index contributed by atoms with van der Waals surface area (Å²) >= 11 is 0. The van der Waals surface area contributed by atoms with Gasteiger partial charge in [0.1, 0.15) is 0 Å². The van der Waals surface area contributed by atoms with Crippen molar-refractivity contribution < 1.29 is 0 Å². The highest BCUT2D eigenvalue weighted by Gasteiger charge is 2.13. The van der Waals surface area contributed by atoms with Gasteiger partial charge in [-0.15, -0.1) is 0 Å². The van der Waals surface area contributed by atoms with E-state index in [2.05, 4.69) is 51.6 Å². The Kier molecular flexibility index (Phi) is 9.74. The van der Waals surface area contributed by atoms with Crippen molar-refractivity contribution in [3.8, 4) is 0 Å². The maximum absolute atomic E-state index is 2.54. The van der Waals surface area contributed by atoms with Gasteiger partial charge in [0, 0.05) is 0 Å². The molecule has 0 fully saturated rings. The van der Waals surface area contributed by atoms with Crippen LogP contribution in [0.2, 0.25) is 12.6 Å². The Balaban J connectivity index is 2.23. The average Bonchev–Trinajstić information content (AvgIpc) is 2.49. The fourth-order valence-electron chi connectivity index (χ4n) is 3.23. The average molecular weight is 305 g/mol. The van der Waals surface area contributed by atoms with Gasteiger partial charge in [0.15, 0.2) is 0 Å². The van der Waals surface area contributed by atoms with Crippen molar-refractivity contribution in [3.05, 3.63) is 29.8 Å². The Bertz CT molecular complexity index is 370. The second-order valence-corrected chi connectivity index (χ2v) is 9.95. The highest BCUT2D eigenvalue weighted by Crippen LogP contribution is 2.15. The molecule has 0 radical (unpaired) electrons. The van der Waals surface area contributed by atoms with Crippen LogP contribution in [0.15, 0.2) is 24.3 Å². The Hall–Kier alpha value is -0.563. The molecule has 0 bridgehead atoms. The summed E-state index contributed by atoms with van der Waals surface area (Å²) in [5.74, 6) is 0.676. The van der Waals surface area contributed by atoms with Gasteiger partial charge in [-0.05, 0) is 11.5 Å². The minimum absolute atomic E-state index is 0.676. The number of benzene rings is 1. The lowest BCUT2D eigenvalue weighted by Crippen LogP contribution is -2.30. The van der Waals surface area contributed by atoms with E-state index in [1.54, 1.807) is 10.8 Å². The third-order valence-corrected chi connectivity index (χ3v) is 7.50. The highest BCUT2D eigenvalue weighted by atomic mass is 28.3. The van der Waals surface area contributed by atoms with Crippen LogP contribution in [-0.4, -0.2) is 8.80 Å². The first kappa shape index (κ1) is 18.5. The summed E-state index contributed by atoms with van der Waals surface area (Å²) in [5.41, 5.74) is 1.61. The molecule has 0 aromatic heterocycles. The van der Waals surface area contributed by atoms with Gasteiger partial charge in [0.25, 0.3) is 0 Å². The lowest BCUT2D eigenvalue weighted by atomic mass is 10.0. The predicted molar refractivity (Wildman–Crippen MR) is 101 cm³/mol. The van der Waals surface area contributed by atoms with Crippen LogP contribution in [0.5, 0.6) is 0 Å². The molecule has 0 nitrogen and oxygen atoms in total. The number of hydrogen-bond donors (Lipinski definition) is 0. The van der Waals surface area contributed by atoms with E-state index in [4.69, 9.17) is 0 Å². The molecule has 0 amide bonds. The van der Waals surface area contributed by atoms with E-state index in [9.17, 15) is 0 Å². The third-order valence-electron chi connectivity index (χ3n) is 4.64. The monoisotopic (exact) mass is 304 g/mol. The van der Waals surface area contributed by atoms with Crippen molar-refractivity contribution in [1.82, 2.24) is 0 Å². The first-order valence-electron chi connectivity index (χ1n) is 9.25. The summed E-state index contributed by atoms with van der Waals surface area (Å²) in [6.45, 7) is 9.50. The molecule has 21 heavy (non-hydrogen) atoms. The maximum atomic E-state index is 2.54. The van der Waals surface area contributed by atoms with Crippen molar-refractivity contribution >= 4 is 14.0 Å². The van der Waals surface area contributed by atoms with Crippen LogP contribution in [0.3, 0.4) is 0 Å². The molecular weight excluding hydrogens is 268 g/mol. The molecule has 1 aromatic rings. The van der Waals surface area contributed by atoms with Crippen molar-refractivity contribution in [2.75, 3.05) is 0 Å². The largest absolute Gasteiger partial charge is 0.0681 e. The molecular formula is C20H36Si. The summed E-state index contributed by atoms with van der Waals surface area (Å²) in [6.07, 6.45) is 11.5. The molecule has 120 valence electrons. The molecule has 1 heteroatoms.